The van der Waals surface area contributed by atoms with Crippen LogP contribution in [0, 0.1) is 5.82 Å². The fourth-order valence-electron chi connectivity index (χ4n) is 4.16. The Labute approximate surface area is 220 Å². The third kappa shape index (κ3) is 5.09. The van der Waals surface area contributed by atoms with Crippen molar-refractivity contribution in [3.63, 3.8) is 0 Å². The first kappa shape index (κ1) is 27.1. The van der Waals surface area contributed by atoms with Gasteiger partial charge in [-0.3, -0.25) is 0 Å². The second-order valence-corrected chi connectivity index (χ2v) is 9.15. The summed E-state index contributed by atoms with van der Waals surface area (Å²) in [4.78, 5) is 21.8. The molecule has 38 heavy (non-hydrogen) atoms. The predicted molar refractivity (Wildman–Crippen MR) is 137 cm³/mol. The number of para-hydroxylation sites is 1. The van der Waals surface area contributed by atoms with Crippen LogP contribution in [0.2, 0.25) is 0 Å². The number of H-pyrrole nitrogens is 1. The Bertz CT molecular complexity index is 1700. The molecule has 0 unspecified atom stereocenters. The van der Waals surface area contributed by atoms with E-state index in [4.69, 9.17) is 15.6 Å². The molecule has 0 fully saturated rings. The molecule has 3 heterocycles. The summed E-state index contributed by atoms with van der Waals surface area (Å²) < 4.78 is 52.2. The monoisotopic (exact) mass is 596 g/mol. The molecule has 0 radical (unpaired) electrons. The Morgan fingerprint density at radius 3 is 2.55 bits per heavy atom. The molecule has 9 nitrogen and oxygen atoms in total. The van der Waals surface area contributed by atoms with Crippen LogP contribution >= 0.6 is 15.9 Å². The second-order valence-electron chi connectivity index (χ2n) is 8.29. The van der Waals surface area contributed by atoms with Gasteiger partial charge in [0.15, 0.2) is 5.82 Å². The number of aliphatic carboxylic acids is 1. The molecule has 0 aliphatic heterocycles. The van der Waals surface area contributed by atoms with Gasteiger partial charge in [0.1, 0.15) is 5.82 Å². The number of nitrogens with two attached hydrogens (primary N) is 1. The zero-order valence-electron chi connectivity index (χ0n) is 19.8. The van der Waals surface area contributed by atoms with Crippen LogP contribution in [-0.4, -0.2) is 47.7 Å². The Hall–Kier alpha value is -3.91. The van der Waals surface area contributed by atoms with Gasteiger partial charge in [0.05, 0.1) is 11.2 Å². The van der Waals surface area contributed by atoms with Gasteiger partial charge in [0.2, 0.25) is 0 Å². The Morgan fingerprint density at radius 2 is 1.89 bits per heavy atom. The van der Waals surface area contributed by atoms with Crippen molar-refractivity contribution in [2.45, 2.75) is 19.1 Å². The lowest BCUT2D eigenvalue weighted by Gasteiger charge is -2.04. The van der Waals surface area contributed by atoms with Crippen molar-refractivity contribution in [2.75, 3.05) is 6.54 Å². The number of nitrogens with zero attached hydrogens (tertiary/aromatic N) is 4. The summed E-state index contributed by atoms with van der Waals surface area (Å²) in [6, 6.07) is 10.5. The van der Waals surface area contributed by atoms with Crippen LogP contribution in [0.5, 0.6) is 0 Å². The highest BCUT2D eigenvalue weighted by Gasteiger charge is 2.38. The summed E-state index contributed by atoms with van der Waals surface area (Å²) in [6.07, 6.45) is -0.475. The van der Waals surface area contributed by atoms with Gasteiger partial charge in [0.25, 0.3) is 0 Å². The number of rotatable bonds is 5. The topological polar surface area (TPSA) is 124 Å². The summed E-state index contributed by atoms with van der Waals surface area (Å²) in [5.41, 5.74) is 8.58. The molecule has 0 aliphatic carbocycles. The normalized spacial score (nSPS) is 11.7. The standard InChI is InChI=1S/C22H20BrFN6O.C2HF3O2/c1-28-11-16(15-10-13(24)6-7-18(15)28)21-26-27-22(31)30(21)19-12-29(9-3-8-25)20-14(19)4-2-5-17(20)23;3-2(4,5)1(6)7/h2,4-7,10-12H,3,8-9,25H2,1H3,(H,27,31);(H,6,7). The van der Waals surface area contributed by atoms with E-state index in [1.54, 1.807) is 10.6 Å². The molecule has 5 rings (SSSR count). The van der Waals surface area contributed by atoms with Gasteiger partial charge < -0.3 is 20.0 Å². The van der Waals surface area contributed by atoms with Crippen molar-refractivity contribution in [2.24, 2.45) is 12.8 Å². The molecule has 0 saturated heterocycles. The fraction of sp³-hybridized carbons (Fsp3) is 0.208. The highest BCUT2D eigenvalue weighted by atomic mass is 79.9. The van der Waals surface area contributed by atoms with Crippen LogP contribution in [0.3, 0.4) is 0 Å². The first-order valence-corrected chi connectivity index (χ1v) is 11.9. The molecule has 0 atom stereocenters. The van der Waals surface area contributed by atoms with Gasteiger partial charge >= 0.3 is 17.8 Å². The van der Waals surface area contributed by atoms with Gasteiger partial charge in [0, 0.05) is 52.3 Å². The van der Waals surface area contributed by atoms with Crippen molar-refractivity contribution in [3.8, 4) is 17.1 Å². The van der Waals surface area contributed by atoms with Crippen LogP contribution in [0.15, 0.2) is 58.1 Å². The molecule has 0 bridgehead atoms. The van der Waals surface area contributed by atoms with E-state index < -0.39 is 12.1 Å². The van der Waals surface area contributed by atoms with Crippen LogP contribution < -0.4 is 11.4 Å². The van der Waals surface area contributed by atoms with Crippen molar-refractivity contribution in [3.05, 3.63) is 69.6 Å². The summed E-state index contributed by atoms with van der Waals surface area (Å²) in [5, 5.41) is 15.6. The third-order valence-corrected chi connectivity index (χ3v) is 6.42. The van der Waals surface area contributed by atoms with Crippen molar-refractivity contribution >= 4 is 43.7 Å². The van der Waals surface area contributed by atoms with E-state index in [9.17, 15) is 22.4 Å². The number of fused-ring (bicyclic) bond motifs is 2. The zero-order chi connectivity index (χ0) is 27.8. The summed E-state index contributed by atoms with van der Waals surface area (Å²) in [6.45, 7) is 1.29. The maximum Gasteiger partial charge on any atom is 0.490 e. The van der Waals surface area contributed by atoms with Gasteiger partial charge in [-0.15, -0.1) is 0 Å². The van der Waals surface area contributed by atoms with E-state index in [0.717, 1.165) is 33.9 Å². The molecule has 0 amide bonds. The number of hydrogen-bond donors (Lipinski definition) is 3. The summed E-state index contributed by atoms with van der Waals surface area (Å²) >= 11 is 3.63. The zero-order valence-corrected chi connectivity index (χ0v) is 21.3. The van der Waals surface area contributed by atoms with Gasteiger partial charge in [-0.1, -0.05) is 12.1 Å². The van der Waals surface area contributed by atoms with Gasteiger partial charge in [-0.25, -0.2) is 23.6 Å². The van der Waals surface area contributed by atoms with E-state index in [1.807, 2.05) is 42.2 Å². The largest absolute Gasteiger partial charge is 0.490 e. The average molecular weight is 597 g/mol. The molecule has 14 heteroatoms. The average Bonchev–Trinajstić information content (AvgIpc) is 3.50. The lowest BCUT2D eigenvalue weighted by atomic mass is 10.1. The minimum Gasteiger partial charge on any atom is -0.475 e. The highest BCUT2D eigenvalue weighted by molar-refractivity contribution is 9.10. The first-order valence-electron chi connectivity index (χ1n) is 11.1. The van der Waals surface area contributed by atoms with Crippen LogP contribution in [0.4, 0.5) is 17.6 Å². The van der Waals surface area contributed by atoms with E-state index in [1.165, 1.54) is 12.1 Å². The van der Waals surface area contributed by atoms with Crippen LogP contribution in [-0.2, 0) is 18.4 Å². The number of hydrogen-bond acceptors (Lipinski definition) is 4. The predicted octanol–water partition coefficient (Wildman–Crippen LogP) is 4.56. The summed E-state index contributed by atoms with van der Waals surface area (Å²) in [5.74, 6) is -2.67. The molecule has 0 aliphatic rings. The van der Waals surface area contributed by atoms with Crippen LogP contribution in [0.25, 0.3) is 38.9 Å². The number of aromatic nitrogens is 5. The van der Waals surface area contributed by atoms with E-state index in [-0.39, 0.29) is 11.5 Å². The molecule has 5 aromatic rings. The van der Waals surface area contributed by atoms with E-state index >= 15 is 0 Å². The maximum atomic E-state index is 14.0. The minimum atomic E-state index is -5.08. The minimum absolute atomic E-state index is 0.341. The first-order chi connectivity index (χ1) is 17.9. The smallest absolute Gasteiger partial charge is 0.475 e. The molecular weight excluding hydrogens is 576 g/mol. The highest BCUT2D eigenvalue weighted by Crippen LogP contribution is 2.34. The Morgan fingerprint density at radius 1 is 1.18 bits per heavy atom. The lowest BCUT2D eigenvalue weighted by molar-refractivity contribution is -0.192. The number of carboxylic acid groups (broad SMARTS) is 1. The van der Waals surface area contributed by atoms with Crippen LogP contribution in [0.1, 0.15) is 6.42 Å². The van der Waals surface area contributed by atoms with Crippen molar-refractivity contribution in [1.82, 2.24) is 23.9 Å². The molecule has 0 saturated carbocycles. The second kappa shape index (κ2) is 10.5. The number of carbonyl (C=O) groups is 1. The Kier molecular flexibility index (Phi) is 7.47. The number of halogens is 5. The molecule has 200 valence electrons. The van der Waals surface area contributed by atoms with Gasteiger partial charge in [-0.2, -0.15) is 18.3 Å². The maximum absolute atomic E-state index is 14.0. The molecule has 3 aromatic heterocycles. The third-order valence-electron chi connectivity index (χ3n) is 5.78. The quantitative estimate of drug-likeness (QED) is 0.257. The Balaban J connectivity index is 0.000000426. The summed E-state index contributed by atoms with van der Waals surface area (Å²) in [7, 11) is 1.88. The molecule has 0 spiro atoms. The number of aryl methyl sites for hydroxylation is 2. The number of nitrogens with one attached hydrogen (secondary N) is 1. The number of alkyl halides is 3. The van der Waals surface area contributed by atoms with E-state index in [2.05, 4.69) is 30.7 Å². The number of benzene rings is 2. The number of carboxylic acids is 1. The SMILES string of the molecule is Cn1cc(-c2n[nH]c(=O)n2-c2cn(CCCN)c3c(Br)cccc23)c2cc(F)ccc21.O=C(O)C(F)(F)F. The molecular formula is C24H21BrF4N6O3. The fourth-order valence-corrected chi connectivity index (χ4v) is 4.75. The lowest BCUT2D eigenvalue weighted by Crippen LogP contribution is -2.21. The number of aromatic amines is 1. The van der Waals surface area contributed by atoms with Gasteiger partial charge in [-0.05, 0) is 53.2 Å². The molecule has 4 N–H and O–H groups in total. The van der Waals surface area contributed by atoms with E-state index in [0.29, 0.717) is 29.0 Å². The molecule has 2 aromatic carbocycles. The van der Waals surface area contributed by atoms with Crippen molar-refractivity contribution in [1.29, 1.82) is 0 Å². The van der Waals surface area contributed by atoms with Crippen molar-refractivity contribution < 1.29 is 27.5 Å².